The standard InChI is InChI=1S/C21H24N2O7S/c1-29-16-8-4-14(5-9-16)12-22-18(24)13-23(31(3,27)28)20(21(25)26)19(22)15-6-10-17(30-2)11-7-15/h4-11,19-20H,12-13H2,1-3H3,(H,25,26)/t19-,20+/m1/s1. The van der Waals surface area contributed by atoms with Crippen LogP contribution in [0.5, 0.6) is 11.5 Å². The summed E-state index contributed by atoms with van der Waals surface area (Å²) in [6, 6.07) is 11.1. The van der Waals surface area contributed by atoms with Crippen LogP contribution in [0.3, 0.4) is 0 Å². The van der Waals surface area contributed by atoms with Gasteiger partial charge in [-0.2, -0.15) is 4.31 Å². The third-order valence-electron chi connectivity index (χ3n) is 5.20. The highest BCUT2D eigenvalue weighted by atomic mass is 32.2. The van der Waals surface area contributed by atoms with Crippen LogP contribution in [0.1, 0.15) is 17.2 Å². The number of carbonyl (C=O) groups excluding carboxylic acids is 1. The predicted octanol–water partition coefficient (Wildman–Crippen LogP) is 1.50. The lowest BCUT2D eigenvalue weighted by molar-refractivity contribution is -0.153. The average molecular weight is 448 g/mol. The summed E-state index contributed by atoms with van der Waals surface area (Å²) >= 11 is 0. The van der Waals surface area contributed by atoms with Crippen molar-refractivity contribution in [2.75, 3.05) is 27.0 Å². The number of carboxylic acids is 1. The number of benzene rings is 2. The summed E-state index contributed by atoms with van der Waals surface area (Å²) in [5, 5.41) is 9.96. The second-order valence-electron chi connectivity index (χ2n) is 7.18. The van der Waals surface area contributed by atoms with Gasteiger partial charge in [-0.1, -0.05) is 24.3 Å². The lowest BCUT2D eigenvalue weighted by Crippen LogP contribution is -2.61. The Labute approximate surface area is 180 Å². The van der Waals surface area contributed by atoms with Crippen molar-refractivity contribution in [2.24, 2.45) is 0 Å². The molecule has 1 heterocycles. The first-order chi connectivity index (χ1) is 14.7. The third-order valence-corrected chi connectivity index (χ3v) is 6.41. The van der Waals surface area contributed by atoms with E-state index in [0.717, 1.165) is 16.1 Å². The summed E-state index contributed by atoms with van der Waals surface area (Å²) in [4.78, 5) is 26.7. The Morgan fingerprint density at radius 3 is 2.00 bits per heavy atom. The van der Waals surface area contributed by atoms with Crippen molar-refractivity contribution in [1.29, 1.82) is 0 Å². The Hall–Kier alpha value is -3.11. The second kappa shape index (κ2) is 8.94. The molecule has 0 unspecified atom stereocenters. The Morgan fingerprint density at radius 1 is 1.03 bits per heavy atom. The van der Waals surface area contributed by atoms with Crippen molar-refractivity contribution in [3.05, 3.63) is 59.7 Å². The fourth-order valence-electron chi connectivity index (χ4n) is 3.66. The zero-order valence-corrected chi connectivity index (χ0v) is 18.2. The molecule has 31 heavy (non-hydrogen) atoms. The van der Waals surface area contributed by atoms with Crippen LogP contribution < -0.4 is 9.47 Å². The number of piperazine rings is 1. The fourth-order valence-corrected chi connectivity index (χ4v) is 4.63. The van der Waals surface area contributed by atoms with E-state index >= 15 is 0 Å². The van der Waals surface area contributed by atoms with Crippen molar-refractivity contribution in [3.63, 3.8) is 0 Å². The maximum absolute atomic E-state index is 13.0. The molecule has 9 nitrogen and oxygen atoms in total. The van der Waals surface area contributed by atoms with Crippen molar-refractivity contribution in [2.45, 2.75) is 18.6 Å². The Bertz CT molecular complexity index is 1050. The number of aliphatic carboxylic acids is 1. The Balaban J connectivity index is 2.08. The minimum absolute atomic E-state index is 0.112. The molecule has 1 saturated heterocycles. The lowest BCUT2D eigenvalue weighted by atomic mass is 9.94. The lowest BCUT2D eigenvalue weighted by Gasteiger charge is -2.44. The van der Waals surface area contributed by atoms with Crippen LogP contribution in [-0.2, 0) is 26.2 Å². The summed E-state index contributed by atoms with van der Waals surface area (Å²) in [6.07, 6.45) is 0.903. The minimum Gasteiger partial charge on any atom is -0.497 e. The molecular weight excluding hydrogens is 424 g/mol. The normalized spacial score (nSPS) is 19.8. The topological polar surface area (TPSA) is 113 Å². The highest BCUT2D eigenvalue weighted by molar-refractivity contribution is 7.88. The zero-order valence-electron chi connectivity index (χ0n) is 17.4. The summed E-state index contributed by atoms with van der Waals surface area (Å²) < 4.78 is 35.7. The van der Waals surface area contributed by atoms with Gasteiger partial charge >= 0.3 is 5.97 Å². The first-order valence-corrected chi connectivity index (χ1v) is 11.3. The highest BCUT2D eigenvalue weighted by Gasteiger charge is 2.48. The molecule has 1 aliphatic heterocycles. The maximum Gasteiger partial charge on any atom is 0.324 e. The molecule has 166 valence electrons. The zero-order chi connectivity index (χ0) is 22.8. The SMILES string of the molecule is COc1ccc(CN2C(=O)CN(S(C)(=O)=O)[C@H](C(=O)O)[C@H]2c2ccc(OC)cc2)cc1. The van der Waals surface area contributed by atoms with Gasteiger partial charge in [0.05, 0.1) is 33.1 Å². The van der Waals surface area contributed by atoms with Gasteiger partial charge in [0.15, 0.2) is 0 Å². The van der Waals surface area contributed by atoms with Crippen LogP contribution in [-0.4, -0.2) is 67.7 Å². The van der Waals surface area contributed by atoms with E-state index in [9.17, 15) is 23.1 Å². The van der Waals surface area contributed by atoms with E-state index in [1.807, 2.05) is 0 Å². The van der Waals surface area contributed by atoms with Gasteiger partial charge in [-0.05, 0) is 35.4 Å². The third kappa shape index (κ3) is 4.80. The van der Waals surface area contributed by atoms with Crippen LogP contribution in [0.2, 0.25) is 0 Å². The van der Waals surface area contributed by atoms with Gasteiger partial charge in [-0.25, -0.2) is 8.42 Å². The first-order valence-electron chi connectivity index (χ1n) is 9.41. The van der Waals surface area contributed by atoms with E-state index in [-0.39, 0.29) is 6.54 Å². The summed E-state index contributed by atoms with van der Waals surface area (Å²) in [7, 11) is -0.906. The molecule has 0 spiro atoms. The van der Waals surface area contributed by atoms with E-state index in [1.54, 1.807) is 55.6 Å². The van der Waals surface area contributed by atoms with Crippen LogP contribution in [0, 0.1) is 0 Å². The number of amides is 1. The van der Waals surface area contributed by atoms with E-state index in [0.29, 0.717) is 17.1 Å². The molecule has 10 heteroatoms. The van der Waals surface area contributed by atoms with Crippen LogP contribution >= 0.6 is 0 Å². The van der Waals surface area contributed by atoms with Crippen molar-refractivity contribution < 1.29 is 32.6 Å². The molecule has 1 fully saturated rings. The summed E-state index contributed by atoms with van der Waals surface area (Å²) in [6.45, 7) is -0.431. The van der Waals surface area contributed by atoms with Gasteiger partial charge in [0.1, 0.15) is 17.5 Å². The number of ether oxygens (including phenoxy) is 2. The molecule has 2 aromatic carbocycles. The number of carboxylic acid groups (broad SMARTS) is 1. The van der Waals surface area contributed by atoms with Crippen molar-refractivity contribution in [1.82, 2.24) is 9.21 Å². The van der Waals surface area contributed by atoms with E-state index < -0.39 is 40.5 Å². The second-order valence-corrected chi connectivity index (χ2v) is 9.11. The van der Waals surface area contributed by atoms with E-state index in [1.165, 1.54) is 12.0 Å². The average Bonchev–Trinajstić information content (AvgIpc) is 2.74. The minimum atomic E-state index is -3.95. The fraction of sp³-hybridized carbons (Fsp3) is 0.333. The molecule has 2 aromatic rings. The quantitative estimate of drug-likeness (QED) is 0.683. The van der Waals surface area contributed by atoms with Gasteiger partial charge in [-0.15, -0.1) is 0 Å². The summed E-state index contributed by atoms with van der Waals surface area (Å²) in [5.74, 6) is -0.621. The number of carbonyl (C=O) groups is 2. The molecule has 1 amide bonds. The molecule has 2 atom stereocenters. The molecule has 1 N–H and O–H groups in total. The molecule has 0 radical (unpaired) electrons. The summed E-state index contributed by atoms with van der Waals surface area (Å²) in [5.41, 5.74) is 1.24. The molecule has 0 saturated carbocycles. The smallest absolute Gasteiger partial charge is 0.324 e. The van der Waals surface area contributed by atoms with E-state index in [4.69, 9.17) is 9.47 Å². The number of nitrogens with zero attached hydrogens (tertiary/aromatic N) is 2. The number of sulfonamides is 1. The number of hydrogen-bond acceptors (Lipinski definition) is 6. The molecule has 1 aliphatic rings. The largest absolute Gasteiger partial charge is 0.497 e. The Morgan fingerprint density at radius 2 is 1.55 bits per heavy atom. The van der Waals surface area contributed by atoms with E-state index in [2.05, 4.69) is 0 Å². The van der Waals surface area contributed by atoms with Crippen LogP contribution in [0.4, 0.5) is 0 Å². The predicted molar refractivity (Wildman–Crippen MR) is 112 cm³/mol. The number of methoxy groups -OCH3 is 2. The maximum atomic E-state index is 13.0. The molecular formula is C21H24N2O7S. The number of hydrogen-bond donors (Lipinski definition) is 1. The Kier molecular flexibility index (Phi) is 6.51. The van der Waals surface area contributed by atoms with Crippen molar-refractivity contribution >= 4 is 21.9 Å². The van der Waals surface area contributed by atoms with Gasteiger partial charge < -0.3 is 19.5 Å². The van der Waals surface area contributed by atoms with Gasteiger partial charge in [0.25, 0.3) is 0 Å². The first kappa shape index (κ1) is 22.6. The van der Waals surface area contributed by atoms with Crippen molar-refractivity contribution in [3.8, 4) is 11.5 Å². The molecule has 0 aliphatic carbocycles. The highest BCUT2D eigenvalue weighted by Crippen LogP contribution is 2.35. The molecule has 0 bridgehead atoms. The van der Waals surface area contributed by atoms with Gasteiger partial charge in [0.2, 0.25) is 15.9 Å². The monoisotopic (exact) mass is 448 g/mol. The van der Waals surface area contributed by atoms with Gasteiger partial charge in [-0.3, -0.25) is 9.59 Å². The van der Waals surface area contributed by atoms with Crippen LogP contribution in [0.15, 0.2) is 48.5 Å². The van der Waals surface area contributed by atoms with Crippen LogP contribution in [0.25, 0.3) is 0 Å². The molecule has 3 rings (SSSR count). The molecule has 0 aromatic heterocycles. The van der Waals surface area contributed by atoms with Gasteiger partial charge in [0, 0.05) is 6.54 Å². The number of rotatable bonds is 7.